The molecular formula is C17H14ClN5O2S. The van der Waals surface area contributed by atoms with Crippen molar-refractivity contribution in [2.45, 2.75) is 5.16 Å². The Bertz CT molecular complexity index is 928. The van der Waals surface area contributed by atoms with Gasteiger partial charge in [-0.2, -0.15) is 0 Å². The zero-order valence-electron chi connectivity index (χ0n) is 13.4. The van der Waals surface area contributed by atoms with Crippen molar-refractivity contribution in [3.05, 3.63) is 59.6 Å². The highest BCUT2D eigenvalue weighted by molar-refractivity contribution is 7.99. The van der Waals surface area contributed by atoms with Crippen LogP contribution in [0.4, 0.5) is 4.79 Å². The molecule has 0 aliphatic rings. The number of imide groups is 1. The first-order valence-electron chi connectivity index (χ1n) is 7.53. The molecule has 132 valence electrons. The fraction of sp³-hybridized carbons (Fsp3) is 0.0588. The molecular weight excluding hydrogens is 374 g/mol. The Hall–Kier alpha value is -2.84. The minimum absolute atomic E-state index is 0.0193. The summed E-state index contributed by atoms with van der Waals surface area (Å²) in [7, 11) is 0. The zero-order chi connectivity index (χ0) is 18.5. The van der Waals surface area contributed by atoms with Crippen LogP contribution >= 0.6 is 23.4 Å². The second-order valence-corrected chi connectivity index (χ2v) is 6.56. The van der Waals surface area contributed by atoms with Crippen LogP contribution in [0.5, 0.6) is 0 Å². The van der Waals surface area contributed by atoms with Gasteiger partial charge in [-0.3, -0.25) is 14.7 Å². The van der Waals surface area contributed by atoms with Gasteiger partial charge >= 0.3 is 6.03 Å². The fourth-order valence-electron chi connectivity index (χ4n) is 2.26. The molecule has 0 saturated carbocycles. The van der Waals surface area contributed by atoms with E-state index in [4.69, 9.17) is 17.3 Å². The molecule has 0 aliphatic carbocycles. The molecule has 1 heterocycles. The number of hydrogen-bond donors (Lipinski definition) is 2. The van der Waals surface area contributed by atoms with E-state index in [1.165, 1.54) is 0 Å². The van der Waals surface area contributed by atoms with Crippen LogP contribution in [0.3, 0.4) is 0 Å². The lowest BCUT2D eigenvalue weighted by Gasteiger charge is -2.10. The summed E-state index contributed by atoms with van der Waals surface area (Å²) in [6, 6.07) is 15.9. The molecule has 3 rings (SSSR count). The number of carbonyl (C=O) groups excluding carboxylic acids is 2. The number of nitrogens with two attached hydrogens (primary N) is 1. The first kappa shape index (κ1) is 18.0. The Balaban J connectivity index is 1.96. The number of hydrogen-bond acceptors (Lipinski definition) is 5. The van der Waals surface area contributed by atoms with Crippen molar-refractivity contribution in [2.75, 3.05) is 5.75 Å². The van der Waals surface area contributed by atoms with Gasteiger partial charge in [0, 0.05) is 16.3 Å². The Morgan fingerprint density at radius 2 is 1.77 bits per heavy atom. The zero-order valence-corrected chi connectivity index (χ0v) is 15.0. The number of amides is 3. The number of para-hydroxylation sites is 1. The number of carbonyl (C=O) groups is 2. The van der Waals surface area contributed by atoms with Crippen LogP contribution in [0.1, 0.15) is 0 Å². The number of nitrogens with zero attached hydrogens (tertiary/aromatic N) is 3. The number of nitrogens with one attached hydrogen (secondary N) is 1. The average molecular weight is 388 g/mol. The molecule has 26 heavy (non-hydrogen) atoms. The van der Waals surface area contributed by atoms with Crippen LogP contribution in [0.2, 0.25) is 5.02 Å². The van der Waals surface area contributed by atoms with E-state index < -0.39 is 11.9 Å². The number of urea groups is 1. The van der Waals surface area contributed by atoms with E-state index in [1.807, 2.05) is 52.3 Å². The quantitative estimate of drug-likeness (QED) is 0.655. The van der Waals surface area contributed by atoms with Crippen LogP contribution in [-0.2, 0) is 4.79 Å². The standard InChI is InChI=1S/C17H14ClN5O2S/c18-12-8-6-11(7-9-12)15-21-22-17(26-10-14(24)20-16(19)25)23(15)13-4-2-1-3-5-13/h1-9H,10H2,(H3,19,20,24,25). The summed E-state index contributed by atoms with van der Waals surface area (Å²) in [5.41, 5.74) is 6.63. The van der Waals surface area contributed by atoms with Crippen molar-refractivity contribution in [3.8, 4) is 17.1 Å². The Morgan fingerprint density at radius 1 is 1.08 bits per heavy atom. The summed E-state index contributed by atoms with van der Waals surface area (Å²) in [6.07, 6.45) is 0. The molecule has 3 aromatic rings. The maximum Gasteiger partial charge on any atom is 0.318 e. The van der Waals surface area contributed by atoms with Crippen molar-refractivity contribution in [1.29, 1.82) is 0 Å². The maximum atomic E-state index is 11.7. The van der Waals surface area contributed by atoms with Gasteiger partial charge in [0.15, 0.2) is 11.0 Å². The van der Waals surface area contributed by atoms with Crippen LogP contribution in [-0.4, -0.2) is 32.5 Å². The van der Waals surface area contributed by atoms with Gasteiger partial charge in [0.1, 0.15) is 0 Å². The SMILES string of the molecule is NC(=O)NC(=O)CSc1nnc(-c2ccc(Cl)cc2)n1-c1ccccc1. The molecule has 0 radical (unpaired) electrons. The summed E-state index contributed by atoms with van der Waals surface area (Å²) >= 11 is 7.11. The minimum Gasteiger partial charge on any atom is -0.351 e. The highest BCUT2D eigenvalue weighted by Gasteiger charge is 2.17. The summed E-state index contributed by atoms with van der Waals surface area (Å²) in [5, 5.41) is 11.6. The van der Waals surface area contributed by atoms with Crippen LogP contribution in [0.15, 0.2) is 59.8 Å². The van der Waals surface area contributed by atoms with E-state index in [1.54, 1.807) is 12.1 Å². The molecule has 7 nitrogen and oxygen atoms in total. The molecule has 9 heteroatoms. The highest BCUT2D eigenvalue weighted by Crippen LogP contribution is 2.28. The van der Waals surface area contributed by atoms with E-state index in [-0.39, 0.29) is 5.75 Å². The minimum atomic E-state index is -0.887. The van der Waals surface area contributed by atoms with E-state index in [0.29, 0.717) is 16.0 Å². The lowest BCUT2D eigenvalue weighted by Crippen LogP contribution is -2.36. The normalized spacial score (nSPS) is 10.5. The number of rotatable bonds is 5. The first-order chi connectivity index (χ1) is 12.5. The summed E-state index contributed by atoms with van der Waals surface area (Å²) < 4.78 is 1.84. The Morgan fingerprint density at radius 3 is 2.42 bits per heavy atom. The highest BCUT2D eigenvalue weighted by atomic mass is 35.5. The Labute approximate surface area is 158 Å². The third-order valence-electron chi connectivity index (χ3n) is 3.35. The van der Waals surface area contributed by atoms with Gasteiger partial charge in [-0.1, -0.05) is 41.6 Å². The molecule has 1 aromatic heterocycles. The van der Waals surface area contributed by atoms with Crippen LogP contribution < -0.4 is 11.1 Å². The number of aromatic nitrogens is 3. The van der Waals surface area contributed by atoms with Crippen molar-refractivity contribution in [1.82, 2.24) is 20.1 Å². The molecule has 2 aromatic carbocycles. The number of thioether (sulfide) groups is 1. The average Bonchev–Trinajstić information content (AvgIpc) is 3.05. The molecule has 3 amide bonds. The van der Waals surface area contributed by atoms with Gasteiger partial charge in [-0.05, 0) is 36.4 Å². The molecule has 0 aliphatic heterocycles. The van der Waals surface area contributed by atoms with E-state index in [0.717, 1.165) is 23.0 Å². The monoisotopic (exact) mass is 387 g/mol. The second kappa shape index (κ2) is 8.03. The molecule has 0 fully saturated rings. The number of benzene rings is 2. The predicted octanol–water partition coefficient (Wildman–Crippen LogP) is 2.87. The topological polar surface area (TPSA) is 103 Å². The largest absolute Gasteiger partial charge is 0.351 e. The van der Waals surface area contributed by atoms with Gasteiger partial charge < -0.3 is 5.73 Å². The van der Waals surface area contributed by atoms with E-state index in [2.05, 4.69) is 10.2 Å². The van der Waals surface area contributed by atoms with Crippen molar-refractivity contribution in [2.24, 2.45) is 5.73 Å². The van der Waals surface area contributed by atoms with Crippen LogP contribution in [0.25, 0.3) is 17.1 Å². The first-order valence-corrected chi connectivity index (χ1v) is 8.90. The third kappa shape index (κ3) is 4.22. The second-order valence-electron chi connectivity index (χ2n) is 5.19. The Kier molecular flexibility index (Phi) is 5.55. The lowest BCUT2D eigenvalue weighted by molar-refractivity contribution is -0.117. The summed E-state index contributed by atoms with van der Waals surface area (Å²) in [4.78, 5) is 22.4. The van der Waals surface area contributed by atoms with Gasteiger partial charge in [0.2, 0.25) is 5.91 Å². The van der Waals surface area contributed by atoms with Gasteiger partial charge in [-0.15, -0.1) is 10.2 Å². The van der Waals surface area contributed by atoms with Gasteiger partial charge in [0.05, 0.1) is 5.75 Å². The van der Waals surface area contributed by atoms with E-state index in [9.17, 15) is 9.59 Å². The van der Waals surface area contributed by atoms with Crippen LogP contribution in [0, 0.1) is 0 Å². The molecule has 0 atom stereocenters. The maximum absolute atomic E-state index is 11.7. The molecule has 0 unspecified atom stereocenters. The smallest absolute Gasteiger partial charge is 0.318 e. The van der Waals surface area contributed by atoms with Crippen molar-refractivity contribution < 1.29 is 9.59 Å². The van der Waals surface area contributed by atoms with Crippen molar-refractivity contribution in [3.63, 3.8) is 0 Å². The molecule has 0 spiro atoms. The molecule has 0 saturated heterocycles. The lowest BCUT2D eigenvalue weighted by atomic mass is 10.2. The van der Waals surface area contributed by atoms with Crippen molar-refractivity contribution >= 4 is 35.3 Å². The molecule has 3 N–H and O–H groups in total. The fourth-order valence-corrected chi connectivity index (χ4v) is 3.14. The number of primary amides is 1. The number of halogens is 1. The third-order valence-corrected chi connectivity index (χ3v) is 4.53. The van der Waals surface area contributed by atoms with Gasteiger partial charge in [-0.25, -0.2) is 4.79 Å². The predicted molar refractivity (Wildman–Crippen MR) is 100 cm³/mol. The molecule has 0 bridgehead atoms. The summed E-state index contributed by atoms with van der Waals surface area (Å²) in [6.45, 7) is 0. The van der Waals surface area contributed by atoms with E-state index >= 15 is 0 Å². The van der Waals surface area contributed by atoms with Gasteiger partial charge in [0.25, 0.3) is 0 Å². The summed E-state index contributed by atoms with van der Waals surface area (Å²) in [5.74, 6) is 0.0953.